The van der Waals surface area contributed by atoms with Gasteiger partial charge in [0, 0.05) is 26.9 Å². The van der Waals surface area contributed by atoms with E-state index < -0.39 is 0 Å². The number of thiophene rings is 1. The van der Waals surface area contributed by atoms with Crippen LogP contribution in [0.25, 0.3) is 36.9 Å². The van der Waals surface area contributed by atoms with Crippen molar-refractivity contribution in [1.29, 1.82) is 0 Å². The highest BCUT2D eigenvalue weighted by Gasteiger charge is 2.36. The van der Waals surface area contributed by atoms with Crippen molar-refractivity contribution < 1.29 is 4.74 Å². The number of nitrogens with zero attached hydrogens (tertiary/aromatic N) is 1. The minimum absolute atomic E-state index is 0.0979. The molecule has 0 radical (unpaired) electrons. The van der Waals surface area contributed by atoms with Crippen LogP contribution in [0, 0.1) is 0 Å². The van der Waals surface area contributed by atoms with E-state index in [0.29, 0.717) is 17.8 Å². The number of hydrogen-bond acceptors (Lipinski definition) is 2. The predicted octanol–water partition coefficient (Wildman–Crippen LogP) is 9.99. The van der Waals surface area contributed by atoms with Gasteiger partial charge in [-0.15, -0.1) is 11.3 Å². The summed E-state index contributed by atoms with van der Waals surface area (Å²) >= 11 is 1.87. The lowest BCUT2D eigenvalue weighted by atomic mass is 9.34. The number of fused-ring (bicyclic) bond motifs is 7. The van der Waals surface area contributed by atoms with Crippen molar-refractivity contribution in [3.05, 3.63) is 120 Å². The van der Waals surface area contributed by atoms with E-state index in [-0.39, 0.29) is 6.71 Å². The molecule has 0 amide bonds. The van der Waals surface area contributed by atoms with Gasteiger partial charge in [-0.05, 0) is 69.6 Å². The Morgan fingerprint density at radius 2 is 1.27 bits per heavy atom. The molecule has 2 aromatic heterocycles. The van der Waals surface area contributed by atoms with E-state index in [1.807, 2.05) is 11.3 Å². The third kappa shape index (κ3) is 4.37. The van der Waals surface area contributed by atoms with Gasteiger partial charge >= 0.3 is 0 Å². The number of hydrogen-bond donors (Lipinski definition) is 0. The molecule has 3 heterocycles. The van der Waals surface area contributed by atoms with E-state index in [9.17, 15) is 0 Å². The quantitative estimate of drug-likeness (QED) is 0.179. The van der Waals surface area contributed by atoms with Gasteiger partial charge in [0.2, 0.25) is 0 Å². The van der Waals surface area contributed by atoms with Gasteiger partial charge in [-0.2, -0.15) is 0 Å². The molecule has 4 heteroatoms. The van der Waals surface area contributed by atoms with Crippen LogP contribution < -0.4 is 21.1 Å². The second-order valence-corrected chi connectivity index (χ2v) is 14.5. The highest BCUT2D eigenvalue weighted by Crippen LogP contribution is 2.42. The van der Waals surface area contributed by atoms with Gasteiger partial charge in [-0.25, -0.2) is 0 Å². The summed E-state index contributed by atoms with van der Waals surface area (Å²) in [6.07, 6.45) is 0. The SMILES string of the molecule is CC(C)c1cc(C(C)C)c(B2c3ccccc3Oc3cc(-n4c5ccccc5c5c6ccccc6sc54)ccc32)c(C(C)C)c1. The van der Waals surface area contributed by atoms with Gasteiger partial charge in [0.25, 0.3) is 6.71 Å². The monoisotopic (exact) mass is 603 g/mol. The number of para-hydroxylation sites is 2. The largest absolute Gasteiger partial charge is 0.458 e. The first kappa shape index (κ1) is 28.2. The molecule has 222 valence electrons. The fourth-order valence-electron chi connectivity index (χ4n) is 7.44. The maximum absolute atomic E-state index is 6.80. The first-order valence-corrected chi connectivity index (χ1v) is 17.1. The minimum atomic E-state index is 0.0979. The van der Waals surface area contributed by atoms with Crippen LogP contribution in [0.4, 0.5) is 0 Å². The molecule has 0 N–H and O–H groups in total. The highest BCUT2D eigenvalue weighted by molar-refractivity contribution is 7.25. The Labute approximate surface area is 270 Å². The van der Waals surface area contributed by atoms with Crippen molar-refractivity contribution >= 4 is 65.6 Å². The summed E-state index contributed by atoms with van der Waals surface area (Å²) in [4.78, 5) is 1.28. The fourth-order valence-corrected chi connectivity index (χ4v) is 8.69. The van der Waals surface area contributed by atoms with E-state index in [0.717, 1.165) is 17.2 Å². The van der Waals surface area contributed by atoms with Crippen molar-refractivity contribution in [2.45, 2.75) is 59.3 Å². The average molecular weight is 604 g/mol. The maximum atomic E-state index is 6.80. The molecule has 7 aromatic rings. The zero-order valence-corrected chi connectivity index (χ0v) is 27.7. The Kier molecular flexibility index (Phi) is 6.69. The van der Waals surface area contributed by atoms with Crippen molar-refractivity contribution in [3.63, 3.8) is 0 Å². The van der Waals surface area contributed by atoms with Crippen LogP contribution in [0.2, 0.25) is 0 Å². The van der Waals surface area contributed by atoms with Gasteiger partial charge in [-0.3, -0.25) is 0 Å². The van der Waals surface area contributed by atoms with Gasteiger partial charge in [0.05, 0.1) is 11.2 Å². The lowest BCUT2D eigenvalue weighted by molar-refractivity contribution is 0.487. The van der Waals surface area contributed by atoms with Crippen molar-refractivity contribution in [2.75, 3.05) is 0 Å². The zero-order valence-electron chi connectivity index (χ0n) is 26.9. The third-order valence-corrected chi connectivity index (χ3v) is 10.8. The predicted molar refractivity (Wildman–Crippen MR) is 196 cm³/mol. The third-order valence-electron chi connectivity index (χ3n) is 9.68. The number of benzene rings is 5. The summed E-state index contributed by atoms with van der Waals surface area (Å²) in [7, 11) is 0. The van der Waals surface area contributed by atoms with Gasteiger partial charge < -0.3 is 9.30 Å². The average Bonchev–Trinajstić information content (AvgIpc) is 3.57. The smallest absolute Gasteiger partial charge is 0.251 e. The van der Waals surface area contributed by atoms with Crippen LogP contribution in [-0.2, 0) is 0 Å². The van der Waals surface area contributed by atoms with Crippen LogP contribution in [0.15, 0.2) is 103 Å². The molecule has 0 spiro atoms. The Bertz CT molecular complexity index is 2220. The van der Waals surface area contributed by atoms with Crippen molar-refractivity contribution in [3.8, 4) is 17.2 Å². The lowest BCUT2D eigenvalue weighted by Gasteiger charge is -2.32. The molecule has 5 aromatic carbocycles. The Balaban J connectivity index is 1.39. The first-order valence-electron chi connectivity index (χ1n) is 16.3. The topological polar surface area (TPSA) is 14.2 Å². The van der Waals surface area contributed by atoms with E-state index >= 15 is 0 Å². The lowest BCUT2D eigenvalue weighted by Crippen LogP contribution is -2.57. The van der Waals surface area contributed by atoms with E-state index in [4.69, 9.17) is 4.74 Å². The van der Waals surface area contributed by atoms with Crippen LogP contribution in [-0.4, -0.2) is 11.3 Å². The Hall–Kier alpha value is -4.28. The second-order valence-electron chi connectivity index (χ2n) is 13.5. The molecular weight excluding hydrogens is 565 g/mol. The normalized spacial score (nSPS) is 13.0. The molecule has 0 fully saturated rings. The summed E-state index contributed by atoms with van der Waals surface area (Å²) in [5.74, 6) is 3.19. The van der Waals surface area contributed by atoms with E-state index in [1.165, 1.54) is 64.3 Å². The molecule has 1 aliphatic rings. The van der Waals surface area contributed by atoms with Crippen molar-refractivity contribution in [1.82, 2.24) is 4.57 Å². The fraction of sp³-hybridized carbons (Fsp3) is 0.220. The van der Waals surface area contributed by atoms with Crippen LogP contribution in [0.5, 0.6) is 11.5 Å². The molecule has 0 unspecified atom stereocenters. The molecule has 8 rings (SSSR count). The minimum Gasteiger partial charge on any atom is -0.458 e. The molecule has 2 nitrogen and oxygen atoms in total. The molecule has 45 heavy (non-hydrogen) atoms. The molecule has 0 saturated heterocycles. The summed E-state index contributed by atoms with van der Waals surface area (Å²) in [6.45, 7) is 14.1. The standard InChI is InChI=1S/C41H38BNOS/c1-24(2)27-21-31(25(3)4)40(32(22-27)26(5)6)42-33-15-9-11-17-36(33)44-37-23-28(19-20-34(37)42)43-35-16-10-7-13-29(35)39-30-14-8-12-18-38(30)45-41(39)43/h7-26H,1-6H3. The number of aromatic nitrogens is 1. The first-order chi connectivity index (χ1) is 21.8. The summed E-state index contributed by atoms with van der Waals surface area (Å²) < 4.78 is 10.6. The van der Waals surface area contributed by atoms with Crippen LogP contribution in [0.1, 0.15) is 76.0 Å². The molecule has 0 saturated carbocycles. The Morgan fingerprint density at radius 1 is 0.622 bits per heavy atom. The Morgan fingerprint density at radius 3 is 2.00 bits per heavy atom. The van der Waals surface area contributed by atoms with Gasteiger partial charge in [-0.1, -0.05) is 120 Å². The summed E-state index contributed by atoms with van der Waals surface area (Å²) in [5.41, 5.74) is 10.6. The van der Waals surface area contributed by atoms with Gasteiger partial charge in [0.15, 0.2) is 0 Å². The molecule has 0 bridgehead atoms. The zero-order chi connectivity index (χ0) is 31.0. The van der Waals surface area contributed by atoms with Crippen LogP contribution >= 0.6 is 11.3 Å². The van der Waals surface area contributed by atoms with Crippen LogP contribution in [0.3, 0.4) is 0 Å². The number of ether oxygens (including phenoxy) is 1. The molecule has 1 aliphatic heterocycles. The van der Waals surface area contributed by atoms with E-state index in [1.54, 1.807) is 0 Å². The van der Waals surface area contributed by atoms with E-state index in [2.05, 4.69) is 149 Å². The molecular formula is C41H38BNOS. The summed E-state index contributed by atoms with van der Waals surface area (Å²) in [6, 6.07) is 38.1. The maximum Gasteiger partial charge on any atom is 0.251 e. The molecule has 0 atom stereocenters. The second kappa shape index (κ2) is 10.7. The molecule has 0 aliphatic carbocycles. The highest BCUT2D eigenvalue weighted by atomic mass is 32.1. The van der Waals surface area contributed by atoms with Gasteiger partial charge in [0.1, 0.15) is 16.3 Å². The number of rotatable bonds is 5. The van der Waals surface area contributed by atoms with Crippen molar-refractivity contribution in [2.24, 2.45) is 0 Å². The summed E-state index contributed by atoms with van der Waals surface area (Å²) in [5, 5.41) is 3.95.